The van der Waals surface area contributed by atoms with Crippen LogP contribution in [0.1, 0.15) is 11.3 Å². The summed E-state index contributed by atoms with van der Waals surface area (Å²) in [5, 5.41) is 11.0. The summed E-state index contributed by atoms with van der Waals surface area (Å²) < 4.78 is 38.0. The van der Waals surface area contributed by atoms with Gasteiger partial charge in [-0.25, -0.2) is 18.4 Å². The number of H-pyrrole nitrogens is 1. The number of nitrogens with one attached hydrogen (secondary N) is 2. The fourth-order valence-electron chi connectivity index (χ4n) is 3.95. The number of rotatable bonds is 8. The maximum atomic E-state index is 12.9. The summed E-state index contributed by atoms with van der Waals surface area (Å²) in [6, 6.07) is 10.9. The van der Waals surface area contributed by atoms with Crippen LogP contribution in [0.5, 0.6) is 0 Å². The maximum absolute atomic E-state index is 12.9. The minimum Gasteiger partial charge on any atom is -0.379 e. The molecule has 13 heteroatoms. The van der Waals surface area contributed by atoms with Crippen LogP contribution in [0.2, 0.25) is 0 Å². The molecule has 11 nitrogen and oxygen atoms in total. The number of sulfonamides is 1. The van der Waals surface area contributed by atoms with Crippen molar-refractivity contribution in [2.24, 2.45) is 0 Å². The number of anilines is 3. The Morgan fingerprint density at radius 2 is 1.67 bits per heavy atom. The van der Waals surface area contributed by atoms with Gasteiger partial charge in [0.15, 0.2) is 11.0 Å². The number of hydrogen-bond donors (Lipinski definition) is 2. The Hall–Kier alpha value is -2.71. The van der Waals surface area contributed by atoms with Crippen molar-refractivity contribution in [3.05, 3.63) is 47.7 Å². The van der Waals surface area contributed by atoms with Crippen LogP contribution in [0.15, 0.2) is 46.5 Å². The molecule has 0 aliphatic carbocycles. The minimum absolute atomic E-state index is 0.296. The molecule has 2 aromatic heterocycles. The molecule has 2 saturated heterocycles. The van der Waals surface area contributed by atoms with Crippen LogP contribution in [-0.2, 0) is 25.2 Å². The quantitative estimate of drug-likeness (QED) is 0.331. The smallest absolute Gasteiger partial charge is 0.243 e. The first-order chi connectivity index (χ1) is 17.5. The number of nitrogens with zero attached hydrogens (tertiary/aromatic N) is 5. The molecule has 0 unspecified atom stereocenters. The first kappa shape index (κ1) is 25.0. The van der Waals surface area contributed by atoms with Crippen molar-refractivity contribution in [2.45, 2.75) is 22.7 Å². The predicted octanol–water partition coefficient (Wildman–Crippen LogP) is 2.40. The zero-order chi connectivity index (χ0) is 25.0. The topological polar surface area (TPSA) is 126 Å². The highest BCUT2D eigenvalue weighted by Gasteiger charge is 2.26. The molecule has 5 rings (SSSR count). The molecule has 0 bridgehead atoms. The molecule has 0 amide bonds. The zero-order valence-electron chi connectivity index (χ0n) is 20.0. The van der Waals surface area contributed by atoms with E-state index in [0.717, 1.165) is 30.2 Å². The number of aryl methyl sites for hydroxylation is 1. The summed E-state index contributed by atoms with van der Waals surface area (Å²) in [5.41, 5.74) is 1.94. The summed E-state index contributed by atoms with van der Waals surface area (Å²) in [7, 11) is -3.51. The Bertz CT molecular complexity index is 1270. The number of aromatic nitrogens is 4. The molecule has 2 aliphatic rings. The molecule has 0 saturated carbocycles. The van der Waals surface area contributed by atoms with Crippen molar-refractivity contribution in [1.82, 2.24) is 24.5 Å². The Kier molecular flexibility index (Phi) is 7.72. The van der Waals surface area contributed by atoms with Gasteiger partial charge in [-0.05, 0) is 24.6 Å². The van der Waals surface area contributed by atoms with E-state index < -0.39 is 10.0 Å². The molecule has 2 aliphatic heterocycles. The van der Waals surface area contributed by atoms with E-state index in [1.54, 1.807) is 12.1 Å². The molecular formula is C23H29N7O4S2. The van der Waals surface area contributed by atoms with E-state index in [-0.39, 0.29) is 0 Å². The normalized spacial score (nSPS) is 17.3. The summed E-state index contributed by atoms with van der Waals surface area (Å²) in [6.45, 7) is 6.40. The van der Waals surface area contributed by atoms with Gasteiger partial charge >= 0.3 is 0 Å². The average Bonchev–Trinajstić information content (AvgIpc) is 3.33. The number of morpholine rings is 2. The lowest BCUT2D eigenvalue weighted by Gasteiger charge is -2.28. The highest BCUT2D eigenvalue weighted by molar-refractivity contribution is 7.98. The van der Waals surface area contributed by atoms with Crippen molar-refractivity contribution in [3.8, 4) is 0 Å². The second kappa shape index (κ2) is 11.1. The van der Waals surface area contributed by atoms with E-state index in [1.165, 1.54) is 16.1 Å². The molecule has 0 spiro atoms. The van der Waals surface area contributed by atoms with Crippen molar-refractivity contribution >= 4 is 39.2 Å². The highest BCUT2D eigenvalue weighted by atomic mass is 32.2. The van der Waals surface area contributed by atoms with Gasteiger partial charge in [0.05, 0.1) is 31.3 Å². The molecule has 2 N–H and O–H groups in total. The van der Waals surface area contributed by atoms with Crippen molar-refractivity contribution in [2.75, 3.05) is 62.8 Å². The zero-order valence-corrected chi connectivity index (χ0v) is 21.6. The third kappa shape index (κ3) is 5.98. The van der Waals surface area contributed by atoms with Crippen LogP contribution in [-0.4, -0.2) is 85.5 Å². The molecule has 192 valence electrons. The van der Waals surface area contributed by atoms with Gasteiger partial charge < -0.3 is 19.7 Å². The van der Waals surface area contributed by atoms with Gasteiger partial charge in [0, 0.05) is 49.8 Å². The van der Waals surface area contributed by atoms with Crippen molar-refractivity contribution in [1.29, 1.82) is 0 Å². The maximum Gasteiger partial charge on any atom is 0.243 e. The van der Waals surface area contributed by atoms with Crippen molar-refractivity contribution < 1.29 is 17.9 Å². The lowest BCUT2D eigenvalue weighted by molar-refractivity contribution is 0.0730. The van der Waals surface area contributed by atoms with Crippen LogP contribution < -0.4 is 10.2 Å². The Balaban J connectivity index is 1.30. The predicted molar refractivity (Wildman–Crippen MR) is 137 cm³/mol. The minimum atomic E-state index is -3.51. The fraction of sp³-hybridized carbons (Fsp3) is 0.435. The van der Waals surface area contributed by atoms with Gasteiger partial charge in [0.1, 0.15) is 11.6 Å². The number of aromatic amines is 1. The number of hydrogen-bond acceptors (Lipinski definition) is 10. The van der Waals surface area contributed by atoms with Crippen LogP contribution >= 0.6 is 11.8 Å². The van der Waals surface area contributed by atoms with Crippen molar-refractivity contribution in [3.63, 3.8) is 0 Å². The van der Waals surface area contributed by atoms with Gasteiger partial charge in [-0.1, -0.05) is 23.9 Å². The monoisotopic (exact) mass is 531 g/mol. The summed E-state index contributed by atoms with van der Waals surface area (Å²) in [4.78, 5) is 11.9. The summed E-state index contributed by atoms with van der Waals surface area (Å²) in [6.07, 6.45) is 0. The van der Waals surface area contributed by atoms with Gasteiger partial charge in [-0.3, -0.25) is 5.10 Å². The molecular weight excluding hydrogens is 502 g/mol. The molecule has 3 aromatic rings. The van der Waals surface area contributed by atoms with Crippen LogP contribution in [0.4, 0.5) is 17.5 Å². The van der Waals surface area contributed by atoms with E-state index in [0.29, 0.717) is 67.0 Å². The van der Waals surface area contributed by atoms with Crippen LogP contribution in [0.25, 0.3) is 0 Å². The molecule has 4 heterocycles. The van der Waals surface area contributed by atoms with E-state index in [2.05, 4.69) is 25.4 Å². The standard InChI is InChI=1S/C23H29N7O4S2/c1-17-14-21(28-27-17)24-20-15-22(29-6-10-33-11-7-29)26-23(25-20)35-16-18-2-4-19(5-3-18)36(31,32)30-8-12-34-13-9-30/h2-5,14-15H,6-13,16H2,1H3,(H2,24,25,26,27,28). The molecule has 0 atom stereocenters. The summed E-state index contributed by atoms with van der Waals surface area (Å²) >= 11 is 1.50. The fourth-order valence-corrected chi connectivity index (χ4v) is 6.17. The lowest BCUT2D eigenvalue weighted by Crippen LogP contribution is -2.40. The average molecular weight is 532 g/mol. The van der Waals surface area contributed by atoms with Gasteiger partial charge in [0.2, 0.25) is 10.0 Å². The number of ether oxygens (including phenoxy) is 2. The van der Waals surface area contributed by atoms with Gasteiger partial charge in [0.25, 0.3) is 0 Å². The first-order valence-corrected chi connectivity index (χ1v) is 14.2. The SMILES string of the molecule is Cc1cc(Nc2cc(N3CCOCC3)nc(SCc3ccc(S(=O)(=O)N4CCOCC4)cc3)n2)n[nH]1. The largest absolute Gasteiger partial charge is 0.379 e. The molecule has 2 fully saturated rings. The third-order valence-electron chi connectivity index (χ3n) is 5.89. The van der Waals surface area contributed by atoms with E-state index in [4.69, 9.17) is 14.5 Å². The van der Waals surface area contributed by atoms with Gasteiger partial charge in [-0.15, -0.1) is 0 Å². The molecule has 36 heavy (non-hydrogen) atoms. The Morgan fingerprint density at radius 1 is 0.972 bits per heavy atom. The second-order valence-electron chi connectivity index (χ2n) is 8.50. The Labute approximate surface area is 214 Å². The molecule has 0 radical (unpaired) electrons. The first-order valence-electron chi connectivity index (χ1n) is 11.8. The third-order valence-corrected chi connectivity index (χ3v) is 8.72. The van der Waals surface area contributed by atoms with Crippen LogP contribution in [0, 0.1) is 6.92 Å². The van der Waals surface area contributed by atoms with E-state index in [1.807, 2.05) is 31.2 Å². The van der Waals surface area contributed by atoms with E-state index in [9.17, 15) is 8.42 Å². The number of thioether (sulfide) groups is 1. The summed E-state index contributed by atoms with van der Waals surface area (Å²) in [5.74, 6) is 2.78. The molecule has 1 aromatic carbocycles. The van der Waals surface area contributed by atoms with E-state index >= 15 is 0 Å². The Morgan fingerprint density at radius 3 is 2.33 bits per heavy atom. The van der Waals surface area contributed by atoms with Crippen LogP contribution in [0.3, 0.4) is 0 Å². The lowest BCUT2D eigenvalue weighted by atomic mass is 10.2. The number of benzene rings is 1. The second-order valence-corrected chi connectivity index (χ2v) is 11.4. The highest BCUT2D eigenvalue weighted by Crippen LogP contribution is 2.27. The van der Waals surface area contributed by atoms with Gasteiger partial charge in [-0.2, -0.15) is 9.40 Å².